The Bertz CT molecular complexity index is 1660. The first-order chi connectivity index (χ1) is 30.3. The number of allylic oxidation sites excluding steroid dienone is 2. The Morgan fingerprint density at radius 2 is 1.23 bits per heavy atom. The maximum atomic E-state index is 12.7. The van der Waals surface area contributed by atoms with Gasteiger partial charge in [-0.25, -0.2) is 0 Å². The van der Waals surface area contributed by atoms with E-state index in [1.54, 1.807) is 0 Å². The molecule has 65 heavy (non-hydrogen) atoms. The molecule has 0 spiro atoms. The Balaban J connectivity index is 1.20. The van der Waals surface area contributed by atoms with E-state index in [-0.39, 0.29) is 23.7 Å². The zero-order valence-corrected chi connectivity index (χ0v) is 39.3. The highest BCUT2D eigenvalue weighted by Crippen LogP contribution is 2.76. The number of fused-ring (bicyclic) bond motifs is 5. The lowest BCUT2D eigenvalue weighted by Gasteiger charge is -2.72. The molecular weight excluding hydrogens is 852 g/mol. The van der Waals surface area contributed by atoms with Crippen molar-refractivity contribution >= 4 is 0 Å². The van der Waals surface area contributed by atoms with E-state index in [2.05, 4.69) is 26.8 Å². The first-order valence-electron chi connectivity index (χ1n) is 23.9. The van der Waals surface area contributed by atoms with E-state index in [1.807, 2.05) is 34.6 Å². The molecule has 3 heterocycles. The van der Waals surface area contributed by atoms with Gasteiger partial charge in [-0.05, 0) is 117 Å². The van der Waals surface area contributed by atoms with E-state index in [4.69, 9.17) is 28.4 Å². The van der Waals surface area contributed by atoms with Gasteiger partial charge in [0.2, 0.25) is 0 Å². The zero-order valence-electron chi connectivity index (χ0n) is 39.3. The molecule has 0 aromatic heterocycles. The van der Waals surface area contributed by atoms with E-state index in [1.165, 1.54) is 0 Å². The van der Waals surface area contributed by atoms with Crippen molar-refractivity contribution in [2.45, 2.75) is 217 Å². The van der Waals surface area contributed by atoms with E-state index >= 15 is 0 Å². The summed E-state index contributed by atoms with van der Waals surface area (Å²) in [6.45, 7) is 15.1. The maximum Gasteiger partial charge on any atom is 0.187 e. The number of aliphatic hydroxyl groups is 12. The quantitative estimate of drug-likeness (QED) is 0.0825. The Kier molecular flexibility index (Phi) is 15.1. The minimum absolute atomic E-state index is 0.0497. The second-order valence-electron chi connectivity index (χ2n) is 22.6. The molecule has 25 atom stereocenters. The fourth-order valence-electron chi connectivity index (χ4n) is 14.6. The first kappa shape index (κ1) is 51.9. The van der Waals surface area contributed by atoms with E-state index < -0.39 is 151 Å². The molecule has 7 aliphatic rings. The lowest BCUT2D eigenvalue weighted by atomic mass is 9.34. The molecule has 4 saturated carbocycles. The number of ether oxygens (including phenoxy) is 6. The van der Waals surface area contributed by atoms with Gasteiger partial charge in [-0.3, -0.25) is 0 Å². The van der Waals surface area contributed by atoms with Crippen LogP contribution in [0.15, 0.2) is 11.6 Å². The van der Waals surface area contributed by atoms with Crippen LogP contribution in [0.2, 0.25) is 0 Å². The summed E-state index contributed by atoms with van der Waals surface area (Å²) >= 11 is 0. The van der Waals surface area contributed by atoms with Crippen molar-refractivity contribution in [1.82, 2.24) is 0 Å². The van der Waals surface area contributed by atoms with Crippen LogP contribution in [0.4, 0.5) is 0 Å². The van der Waals surface area contributed by atoms with Gasteiger partial charge in [-0.2, -0.15) is 0 Å². The van der Waals surface area contributed by atoms with Gasteiger partial charge in [0.25, 0.3) is 0 Å². The molecule has 18 heteroatoms. The number of rotatable bonds is 13. The van der Waals surface area contributed by atoms with Crippen LogP contribution < -0.4 is 0 Å². The van der Waals surface area contributed by atoms with Gasteiger partial charge < -0.3 is 89.7 Å². The molecule has 3 saturated heterocycles. The van der Waals surface area contributed by atoms with Gasteiger partial charge in [-0.15, -0.1) is 0 Å². The number of hydrogen-bond donors (Lipinski definition) is 12. The average Bonchev–Trinajstić information content (AvgIpc) is 3.76. The third-order valence-corrected chi connectivity index (χ3v) is 18.3. The molecule has 7 rings (SSSR count). The zero-order chi connectivity index (χ0) is 47.9. The van der Waals surface area contributed by atoms with Gasteiger partial charge in [0.1, 0.15) is 67.1 Å². The van der Waals surface area contributed by atoms with Crippen LogP contribution in [0.3, 0.4) is 0 Å². The van der Waals surface area contributed by atoms with Crippen molar-refractivity contribution in [2.75, 3.05) is 19.8 Å². The molecule has 376 valence electrons. The molecule has 0 amide bonds. The first-order valence-corrected chi connectivity index (χ1v) is 23.9. The van der Waals surface area contributed by atoms with Crippen LogP contribution in [0.5, 0.6) is 0 Å². The van der Waals surface area contributed by atoms with Gasteiger partial charge >= 0.3 is 0 Å². The highest BCUT2D eigenvalue weighted by Gasteiger charge is 2.74. The van der Waals surface area contributed by atoms with Gasteiger partial charge in [0.05, 0.1) is 43.7 Å². The number of hydrogen-bond acceptors (Lipinski definition) is 18. The predicted molar refractivity (Wildman–Crippen MR) is 229 cm³/mol. The van der Waals surface area contributed by atoms with Crippen LogP contribution in [-0.4, -0.2) is 191 Å². The van der Waals surface area contributed by atoms with Crippen molar-refractivity contribution in [3.05, 3.63) is 11.6 Å². The predicted octanol–water partition coefficient (Wildman–Crippen LogP) is -0.417. The minimum Gasteiger partial charge on any atom is -0.394 e. The fourth-order valence-corrected chi connectivity index (χ4v) is 14.6. The van der Waals surface area contributed by atoms with E-state index in [0.717, 1.165) is 5.57 Å². The lowest BCUT2D eigenvalue weighted by Crippen LogP contribution is -2.71. The molecule has 18 nitrogen and oxygen atoms in total. The van der Waals surface area contributed by atoms with Crippen molar-refractivity contribution in [3.8, 4) is 0 Å². The van der Waals surface area contributed by atoms with Crippen molar-refractivity contribution < 1.29 is 89.7 Å². The highest BCUT2D eigenvalue weighted by molar-refractivity contribution is 5.22. The van der Waals surface area contributed by atoms with Crippen LogP contribution in [0.1, 0.15) is 107 Å². The Hall–Kier alpha value is -0.980. The van der Waals surface area contributed by atoms with E-state index in [0.29, 0.717) is 51.4 Å². The Labute approximate surface area is 382 Å². The molecular formula is C47H80O18. The Morgan fingerprint density at radius 3 is 1.85 bits per heavy atom. The second-order valence-corrected chi connectivity index (χ2v) is 22.6. The van der Waals surface area contributed by atoms with Crippen LogP contribution in [0, 0.1) is 45.3 Å². The van der Waals surface area contributed by atoms with Gasteiger partial charge in [0.15, 0.2) is 18.9 Å². The van der Waals surface area contributed by atoms with Crippen LogP contribution >= 0.6 is 0 Å². The molecule has 0 bridgehead atoms. The summed E-state index contributed by atoms with van der Waals surface area (Å²) < 4.78 is 37.0. The third kappa shape index (κ3) is 8.72. The lowest BCUT2D eigenvalue weighted by molar-refractivity contribution is -0.350. The summed E-state index contributed by atoms with van der Waals surface area (Å²) in [6.07, 6.45) is -16.2. The minimum atomic E-state index is -1.72. The van der Waals surface area contributed by atoms with Gasteiger partial charge in [0, 0.05) is 0 Å². The molecule has 25 unspecified atom stereocenters. The fraction of sp³-hybridized carbons (Fsp3) is 0.957. The molecule has 4 aliphatic carbocycles. The summed E-state index contributed by atoms with van der Waals surface area (Å²) in [6, 6.07) is 0. The molecule has 3 aliphatic heterocycles. The van der Waals surface area contributed by atoms with Crippen molar-refractivity contribution in [1.29, 1.82) is 0 Å². The topological polar surface area (TPSA) is 298 Å². The summed E-state index contributed by atoms with van der Waals surface area (Å²) in [5.41, 5.74) is -2.28. The number of aliphatic hydroxyl groups excluding tert-OH is 12. The Morgan fingerprint density at radius 1 is 0.677 bits per heavy atom. The molecule has 0 aromatic carbocycles. The highest BCUT2D eigenvalue weighted by atomic mass is 16.7. The molecule has 0 radical (unpaired) electrons. The van der Waals surface area contributed by atoms with E-state index in [9.17, 15) is 61.3 Å². The average molecular weight is 933 g/mol. The normalized spacial score (nSPS) is 52.8. The molecule has 7 fully saturated rings. The summed E-state index contributed by atoms with van der Waals surface area (Å²) in [7, 11) is 0. The monoisotopic (exact) mass is 933 g/mol. The van der Waals surface area contributed by atoms with Gasteiger partial charge in [-0.1, -0.05) is 46.3 Å². The summed E-state index contributed by atoms with van der Waals surface area (Å²) in [5.74, 6) is -1.02. The second kappa shape index (κ2) is 19.0. The SMILES string of the molecule is CC(C)=CCCC(C)(OC1OC(COC2OC(CO)C(O)C2O)C(O)C(O)C1O)C1CCC2(C)C1C(O)CC1C3(C)CCC(O)C(C)(C)C3C(OC3OC(CO)C(O)C(O)C3O)CC12C. The maximum absolute atomic E-state index is 12.7. The van der Waals surface area contributed by atoms with Crippen LogP contribution in [-0.2, 0) is 28.4 Å². The summed E-state index contributed by atoms with van der Waals surface area (Å²) in [4.78, 5) is 0. The molecule has 0 aromatic rings. The summed E-state index contributed by atoms with van der Waals surface area (Å²) in [5, 5.41) is 131. The largest absolute Gasteiger partial charge is 0.394 e. The van der Waals surface area contributed by atoms with Crippen molar-refractivity contribution in [2.24, 2.45) is 45.3 Å². The standard InChI is InChI=1S/C47H80O18/c1-21(2)10-9-13-47(8,65-42-38(59)35(56)33(54)27(64-42)20-60-40-36(57)32(53)26(19-49)62-40)22-11-15-45(6)30(22)23(50)16-28-44(5)14-12-29(51)43(3,4)39(44)24(17-46(28,45)7)61-41-37(58)34(55)31(52)25(18-48)63-41/h10,22-42,48-59H,9,11-20H2,1-8H3. The smallest absolute Gasteiger partial charge is 0.187 e. The van der Waals surface area contributed by atoms with Crippen molar-refractivity contribution in [3.63, 3.8) is 0 Å². The molecule has 12 N–H and O–H groups in total. The van der Waals surface area contributed by atoms with Crippen LogP contribution in [0.25, 0.3) is 0 Å². The third-order valence-electron chi connectivity index (χ3n) is 18.3.